The summed E-state index contributed by atoms with van der Waals surface area (Å²) in [5.41, 5.74) is 3.21. The van der Waals surface area contributed by atoms with Crippen molar-refractivity contribution in [1.29, 1.82) is 0 Å². The number of fused-ring (bicyclic) bond motifs is 3. The van der Waals surface area contributed by atoms with Crippen molar-refractivity contribution in [2.24, 2.45) is 5.92 Å². The highest BCUT2D eigenvalue weighted by atomic mass is 35.5. The lowest BCUT2D eigenvalue weighted by Gasteiger charge is -2.37. The van der Waals surface area contributed by atoms with Gasteiger partial charge in [-0.05, 0) is 30.2 Å². The second-order valence-electron chi connectivity index (χ2n) is 6.29. The zero-order valence-electron chi connectivity index (χ0n) is 13.6. The van der Waals surface area contributed by atoms with Gasteiger partial charge in [-0.15, -0.1) is 0 Å². The van der Waals surface area contributed by atoms with E-state index in [1.165, 1.54) is 7.11 Å². The molecule has 1 N–H and O–H groups in total. The number of ether oxygens (including phenoxy) is 2. The van der Waals surface area contributed by atoms with E-state index in [9.17, 15) is 4.79 Å². The molecule has 0 spiro atoms. The van der Waals surface area contributed by atoms with Gasteiger partial charge in [0.15, 0.2) is 0 Å². The fraction of sp³-hybridized carbons (Fsp3) is 0.316. The molecule has 2 aromatic rings. The Morgan fingerprint density at radius 2 is 2.08 bits per heavy atom. The van der Waals surface area contributed by atoms with Gasteiger partial charge >= 0.3 is 5.97 Å². The standard InChI is InChI=1S/C19H17Cl2NO3/c1-24-19(23)14-4-2-3-12-17(14)22-16(13-7-8-25-18(12)13)11-6-5-10(20)9-15(11)21/h2-6,9,13,16,18,22H,7-8H2,1H3/t13-,16+,18+/m1/s1. The summed E-state index contributed by atoms with van der Waals surface area (Å²) in [7, 11) is 1.38. The van der Waals surface area contributed by atoms with Crippen LogP contribution in [-0.4, -0.2) is 19.7 Å². The summed E-state index contributed by atoms with van der Waals surface area (Å²) in [6.07, 6.45) is 0.848. The van der Waals surface area contributed by atoms with Gasteiger partial charge in [0.1, 0.15) is 0 Å². The van der Waals surface area contributed by atoms with Crippen LogP contribution in [0.25, 0.3) is 0 Å². The molecule has 1 fully saturated rings. The van der Waals surface area contributed by atoms with E-state index in [0.717, 1.165) is 23.2 Å². The van der Waals surface area contributed by atoms with Crippen LogP contribution in [0.1, 0.15) is 40.1 Å². The van der Waals surface area contributed by atoms with Gasteiger partial charge in [0.25, 0.3) is 0 Å². The minimum atomic E-state index is -0.373. The second-order valence-corrected chi connectivity index (χ2v) is 7.14. The van der Waals surface area contributed by atoms with E-state index >= 15 is 0 Å². The number of halogens is 2. The van der Waals surface area contributed by atoms with Gasteiger partial charge in [0.2, 0.25) is 0 Å². The number of para-hydroxylation sites is 1. The van der Waals surface area contributed by atoms with Crippen molar-refractivity contribution in [3.8, 4) is 0 Å². The van der Waals surface area contributed by atoms with E-state index in [0.29, 0.717) is 22.2 Å². The first kappa shape index (κ1) is 16.7. The smallest absolute Gasteiger partial charge is 0.339 e. The first-order valence-corrected chi connectivity index (χ1v) is 8.90. The zero-order valence-corrected chi connectivity index (χ0v) is 15.1. The molecule has 2 aliphatic rings. The lowest BCUT2D eigenvalue weighted by Crippen LogP contribution is -2.30. The van der Waals surface area contributed by atoms with Gasteiger partial charge in [-0.1, -0.05) is 41.4 Å². The number of esters is 1. The SMILES string of the molecule is COC(=O)c1cccc2c1N[C@@H](c1ccc(Cl)cc1Cl)[C@H]1CCO[C@@H]21. The Hall–Kier alpha value is -1.75. The van der Waals surface area contributed by atoms with Crippen LogP contribution in [0.3, 0.4) is 0 Å². The summed E-state index contributed by atoms with van der Waals surface area (Å²) < 4.78 is 10.9. The normalized spacial score (nSPS) is 24.2. The van der Waals surface area contributed by atoms with Crippen molar-refractivity contribution in [3.05, 3.63) is 63.1 Å². The molecule has 3 atom stereocenters. The molecule has 0 bridgehead atoms. The van der Waals surface area contributed by atoms with Crippen LogP contribution >= 0.6 is 23.2 Å². The van der Waals surface area contributed by atoms with Crippen LogP contribution in [0, 0.1) is 5.92 Å². The molecule has 25 heavy (non-hydrogen) atoms. The van der Waals surface area contributed by atoms with Gasteiger partial charge < -0.3 is 14.8 Å². The lowest BCUT2D eigenvalue weighted by molar-refractivity contribution is 0.0598. The Kier molecular flexibility index (Phi) is 4.36. The number of anilines is 1. The van der Waals surface area contributed by atoms with E-state index < -0.39 is 0 Å². The highest BCUT2D eigenvalue weighted by Gasteiger charge is 2.43. The monoisotopic (exact) mass is 377 g/mol. The first-order valence-electron chi connectivity index (χ1n) is 8.14. The molecule has 4 rings (SSSR count). The fourth-order valence-electron chi connectivity index (χ4n) is 3.84. The maximum atomic E-state index is 12.2. The maximum Gasteiger partial charge on any atom is 0.339 e. The van der Waals surface area contributed by atoms with Crippen LogP contribution < -0.4 is 5.32 Å². The molecule has 0 aliphatic carbocycles. The number of benzene rings is 2. The van der Waals surface area contributed by atoms with Crippen LogP contribution in [0.5, 0.6) is 0 Å². The Morgan fingerprint density at radius 3 is 2.84 bits per heavy atom. The molecule has 2 aromatic carbocycles. The van der Waals surface area contributed by atoms with E-state index in [2.05, 4.69) is 5.32 Å². The topological polar surface area (TPSA) is 47.6 Å². The maximum absolute atomic E-state index is 12.2. The second kappa shape index (κ2) is 6.52. The Morgan fingerprint density at radius 1 is 1.24 bits per heavy atom. The molecule has 1 saturated heterocycles. The Balaban J connectivity index is 1.84. The van der Waals surface area contributed by atoms with Crippen molar-refractivity contribution >= 4 is 34.9 Å². The van der Waals surface area contributed by atoms with E-state index in [4.69, 9.17) is 32.7 Å². The molecule has 6 heteroatoms. The van der Waals surface area contributed by atoms with Crippen molar-refractivity contribution in [2.45, 2.75) is 18.6 Å². The number of hydrogen-bond donors (Lipinski definition) is 1. The molecule has 0 amide bonds. The largest absolute Gasteiger partial charge is 0.465 e. The van der Waals surface area contributed by atoms with Gasteiger partial charge in [-0.2, -0.15) is 0 Å². The lowest BCUT2D eigenvalue weighted by atomic mass is 9.80. The van der Waals surface area contributed by atoms with Gasteiger partial charge in [-0.3, -0.25) is 0 Å². The zero-order chi connectivity index (χ0) is 17.6. The number of methoxy groups -OCH3 is 1. The molecule has 4 nitrogen and oxygen atoms in total. The van der Waals surface area contributed by atoms with Crippen molar-refractivity contribution in [2.75, 3.05) is 19.0 Å². The van der Waals surface area contributed by atoms with Crippen LogP contribution in [0.4, 0.5) is 5.69 Å². The van der Waals surface area contributed by atoms with E-state index in [-0.39, 0.29) is 24.0 Å². The molecule has 2 aliphatic heterocycles. The molecule has 0 aromatic heterocycles. The highest BCUT2D eigenvalue weighted by molar-refractivity contribution is 6.35. The molecular formula is C19H17Cl2NO3. The summed E-state index contributed by atoms with van der Waals surface area (Å²) in [5.74, 6) is -0.138. The fourth-order valence-corrected chi connectivity index (χ4v) is 4.37. The number of hydrogen-bond acceptors (Lipinski definition) is 4. The summed E-state index contributed by atoms with van der Waals surface area (Å²) >= 11 is 12.5. The summed E-state index contributed by atoms with van der Waals surface area (Å²) in [4.78, 5) is 12.2. The third-order valence-corrected chi connectivity index (χ3v) is 5.53. The van der Waals surface area contributed by atoms with Gasteiger partial charge in [-0.25, -0.2) is 4.79 Å². The quantitative estimate of drug-likeness (QED) is 0.745. The molecule has 0 unspecified atom stereocenters. The van der Waals surface area contributed by atoms with Gasteiger partial charge in [0, 0.05) is 28.1 Å². The highest BCUT2D eigenvalue weighted by Crippen LogP contribution is 2.51. The summed E-state index contributed by atoms with van der Waals surface area (Å²) in [5, 5.41) is 4.72. The molecule has 0 saturated carbocycles. The third kappa shape index (κ3) is 2.78. The van der Waals surface area contributed by atoms with Gasteiger partial charge in [0.05, 0.1) is 30.5 Å². The summed E-state index contributed by atoms with van der Waals surface area (Å²) in [6, 6.07) is 11.1. The predicted octanol–water partition coefficient (Wildman–Crippen LogP) is 5.02. The van der Waals surface area contributed by atoms with Crippen molar-refractivity contribution < 1.29 is 14.3 Å². The number of carbonyl (C=O) groups excluding carboxylic acids is 1. The number of rotatable bonds is 2. The Bertz CT molecular complexity index is 839. The predicted molar refractivity (Wildman–Crippen MR) is 97.4 cm³/mol. The molecular weight excluding hydrogens is 361 g/mol. The number of nitrogens with one attached hydrogen (secondary N) is 1. The van der Waals surface area contributed by atoms with Crippen LogP contribution in [-0.2, 0) is 9.47 Å². The average molecular weight is 378 g/mol. The van der Waals surface area contributed by atoms with Crippen LogP contribution in [0.2, 0.25) is 10.0 Å². The third-order valence-electron chi connectivity index (χ3n) is 4.97. The minimum absolute atomic E-state index is 0.0597. The van der Waals surface area contributed by atoms with Crippen LogP contribution in [0.15, 0.2) is 36.4 Å². The average Bonchev–Trinajstić information content (AvgIpc) is 3.10. The first-order chi connectivity index (χ1) is 12.1. The molecule has 2 heterocycles. The molecule has 0 radical (unpaired) electrons. The molecule has 130 valence electrons. The van der Waals surface area contributed by atoms with Crippen molar-refractivity contribution in [3.63, 3.8) is 0 Å². The Labute approximate surface area is 156 Å². The van der Waals surface area contributed by atoms with Crippen molar-refractivity contribution in [1.82, 2.24) is 0 Å². The minimum Gasteiger partial charge on any atom is -0.465 e. The summed E-state index contributed by atoms with van der Waals surface area (Å²) in [6.45, 7) is 0.681. The van der Waals surface area contributed by atoms with E-state index in [1.807, 2.05) is 24.3 Å². The number of carbonyl (C=O) groups is 1. The van der Waals surface area contributed by atoms with E-state index in [1.54, 1.807) is 12.1 Å².